The first kappa shape index (κ1) is 27.9. The second-order valence-corrected chi connectivity index (χ2v) is 8.24. The lowest BCUT2D eigenvalue weighted by atomic mass is 10.0. The van der Waals surface area contributed by atoms with Crippen molar-refractivity contribution in [2.24, 2.45) is 0 Å². The summed E-state index contributed by atoms with van der Waals surface area (Å²) in [5, 5.41) is 0. The first-order chi connectivity index (χ1) is 14.2. The second kappa shape index (κ2) is 23.2. The number of hydrogen-bond acceptors (Lipinski definition) is 4. The molecular formula is C25H48O4. The van der Waals surface area contributed by atoms with E-state index in [1.807, 2.05) is 0 Å². The lowest BCUT2D eigenvalue weighted by molar-refractivity contribution is -0.150. The Bertz CT molecular complexity index is 368. The quantitative estimate of drug-likeness (QED) is 0.136. The van der Waals surface area contributed by atoms with Gasteiger partial charge in [-0.25, -0.2) is 0 Å². The molecule has 0 spiro atoms. The van der Waals surface area contributed by atoms with Crippen molar-refractivity contribution in [3.8, 4) is 0 Å². The highest BCUT2D eigenvalue weighted by Gasteiger charge is 2.08. The summed E-state index contributed by atoms with van der Waals surface area (Å²) in [7, 11) is 0. The lowest BCUT2D eigenvalue weighted by Crippen LogP contribution is -2.11. The maximum absolute atomic E-state index is 11.6. The fourth-order valence-electron chi connectivity index (χ4n) is 3.37. The molecule has 0 bridgehead atoms. The van der Waals surface area contributed by atoms with Crippen LogP contribution in [0, 0.1) is 0 Å². The van der Waals surface area contributed by atoms with Crippen LogP contribution >= 0.6 is 0 Å². The maximum atomic E-state index is 11.6. The summed E-state index contributed by atoms with van der Waals surface area (Å²) in [4.78, 5) is 23.1. The molecule has 0 heterocycles. The molecule has 0 aliphatic carbocycles. The van der Waals surface area contributed by atoms with Crippen LogP contribution in [0.2, 0.25) is 0 Å². The van der Waals surface area contributed by atoms with E-state index < -0.39 is 0 Å². The molecule has 0 aromatic rings. The highest BCUT2D eigenvalue weighted by molar-refractivity contribution is 5.77. The zero-order valence-electron chi connectivity index (χ0n) is 19.5. The minimum absolute atomic E-state index is 0.129. The van der Waals surface area contributed by atoms with E-state index in [-0.39, 0.29) is 24.8 Å². The predicted octanol–water partition coefficient (Wildman–Crippen LogP) is 7.52. The largest absolute Gasteiger partial charge is 0.466 e. The molecule has 0 radical (unpaired) electrons. The predicted molar refractivity (Wildman–Crippen MR) is 121 cm³/mol. The molecule has 29 heavy (non-hydrogen) atoms. The van der Waals surface area contributed by atoms with Gasteiger partial charge in [-0.3, -0.25) is 9.59 Å². The smallest absolute Gasteiger partial charge is 0.306 e. The maximum Gasteiger partial charge on any atom is 0.306 e. The van der Waals surface area contributed by atoms with Gasteiger partial charge in [0.1, 0.15) is 0 Å². The third-order valence-corrected chi connectivity index (χ3v) is 5.31. The molecule has 0 aliphatic rings. The van der Waals surface area contributed by atoms with Crippen LogP contribution < -0.4 is 0 Å². The van der Waals surface area contributed by atoms with Crippen molar-refractivity contribution in [3.05, 3.63) is 0 Å². The summed E-state index contributed by atoms with van der Waals surface area (Å²) in [6, 6.07) is 0. The molecule has 0 amide bonds. The van der Waals surface area contributed by atoms with Crippen molar-refractivity contribution in [1.82, 2.24) is 0 Å². The molecule has 0 atom stereocenters. The van der Waals surface area contributed by atoms with E-state index in [0.717, 1.165) is 32.1 Å². The number of hydrogen-bond donors (Lipinski definition) is 0. The van der Waals surface area contributed by atoms with Crippen LogP contribution in [0.4, 0.5) is 0 Å². The molecule has 172 valence electrons. The van der Waals surface area contributed by atoms with Crippen LogP contribution in [0.1, 0.15) is 136 Å². The van der Waals surface area contributed by atoms with Gasteiger partial charge in [-0.05, 0) is 12.8 Å². The summed E-state index contributed by atoms with van der Waals surface area (Å²) in [6.07, 6.45) is 21.7. The highest BCUT2D eigenvalue weighted by Crippen LogP contribution is 2.13. The van der Waals surface area contributed by atoms with E-state index >= 15 is 0 Å². The van der Waals surface area contributed by atoms with E-state index in [0.29, 0.717) is 13.2 Å². The molecule has 0 rings (SSSR count). The van der Waals surface area contributed by atoms with Crippen molar-refractivity contribution < 1.29 is 19.1 Å². The van der Waals surface area contributed by atoms with Crippen LogP contribution in [0.3, 0.4) is 0 Å². The van der Waals surface area contributed by atoms with Crippen molar-refractivity contribution in [1.29, 1.82) is 0 Å². The Morgan fingerprint density at radius 2 is 0.724 bits per heavy atom. The minimum Gasteiger partial charge on any atom is -0.466 e. The molecule has 0 saturated carbocycles. The van der Waals surface area contributed by atoms with Crippen LogP contribution in [-0.4, -0.2) is 25.2 Å². The minimum atomic E-state index is -0.297. The number of carbonyl (C=O) groups excluding carboxylic acids is 2. The summed E-state index contributed by atoms with van der Waals surface area (Å²) >= 11 is 0. The van der Waals surface area contributed by atoms with Crippen LogP contribution in [-0.2, 0) is 19.1 Å². The van der Waals surface area contributed by atoms with Crippen molar-refractivity contribution >= 4 is 11.9 Å². The molecule has 0 N–H and O–H groups in total. The third-order valence-electron chi connectivity index (χ3n) is 5.31. The van der Waals surface area contributed by atoms with E-state index in [2.05, 4.69) is 13.8 Å². The number of carbonyl (C=O) groups is 2. The average molecular weight is 413 g/mol. The molecule has 0 fully saturated rings. The third kappa shape index (κ3) is 23.1. The van der Waals surface area contributed by atoms with Gasteiger partial charge < -0.3 is 9.47 Å². The summed E-state index contributed by atoms with van der Waals surface area (Å²) in [5.74, 6) is -0.584. The topological polar surface area (TPSA) is 52.6 Å². The van der Waals surface area contributed by atoms with Gasteiger partial charge in [-0.1, -0.05) is 110 Å². The normalized spacial score (nSPS) is 10.8. The summed E-state index contributed by atoms with van der Waals surface area (Å²) in [5.41, 5.74) is 0. The Balaban J connectivity index is 3.23. The van der Waals surface area contributed by atoms with E-state index in [1.165, 1.54) is 77.0 Å². The van der Waals surface area contributed by atoms with E-state index in [4.69, 9.17) is 9.47 Å². The Morgan fingerprint density at radius 1 is 0.448 bits per heavy atom. The molecule has 0 aromatic heterocycles. The van der Waals surface area contributed by atoms with Gasteiger partial charge in [0.05, 0.1) is 26.1 Å². The molecule has 0 aliphatic heterocycles. The van der Waals surface area contributed by atoms with E-state index in [9.17, 15) is 9.59 Å². The highest BCUT2D eigenvalue weighted by atomic mass is 16.5. The first-order valence-corrected chi connectivity index (χ1v) is 12.5. The van der Waals surface area contributed by atoms with Crippen molar-refractivity contribution in [3.63, 3.8) is 0 Å². The van der Waals surface area contributed by atoms with Gasteiger partial charge in [-0.15, -0.1) is 0 Å². The number of unbranched alkanes of at least 4 members (excludes halogenated alkanes) is 15. The first-order valence-electron chi connectivity index (χ1n) is 12.5. The summed E-state index contributed by atoms with van der Waals surface area (Å²) < 4.78 is 10.3. The molecular weight excluding hydrogens is 364 g/mol. The molecule has 4 nitrogen and oxygen atoms in total. The Hall–Kier alpha value is -1.06. The number of rotatable bonds is 22. The average Bonchev–Trinajstić information content (AvgIpc) is 2.72. The van der Waals surface area contributed by atoms with Crippen molar-refractivity contribution in [2.45, 2.75) is 136 Å². The zero-order valence-corrected chi connectivity index (χ0v) is 19.5. The fourth-order valence-corrected chi connectivity index (χ4v) is 3.37. The molecule has 4 heteroatoms. The Morgan fingerprint density at radius 3 is 1.10 bits per heavy atom. The van der Waals surface area contributed by atoms with Gasteiger partial charge in [0, 0.05) is 0 Å². The number of ether oxygens (including phenoxy) is 2. The van der Waals surface area contributed by atoms with Gasteiger partial charge in [-0.2, -0.15) is 0 Å². The fraction of sp³-hybridized carbons (Fsp3) is 0.920. The van der Waals surface area contributed by atoms with Gasteiger partial charge in [0.15, 0.2) is 0 Å². The van der Waals surface area contributed by atoms with Crippen molar-refractivity contribution in [2.75, 3.05) is 13.2 Å². The molecule has 0 saturated heterocycles. The standard InChI is InChI=1S/C25H48O4/c1-3-5-7-8-9-10-11-12-13-14-15-16-17-19-23-29-25(27)21-20-24(26)28-22-18-6-4-2/h3-23H2,1-2H3. The molecule has 0 aromatic carbocycles. The summed E-state index contributed by atoms with van der Waals surface area (Å²) in [6.45, 7) is 5.31. The van der Waals surface area contributed by atoms with Crippen LogP contribution in [0.25, 0.3) is 0 Å². The Kier molecular flexibility index (Phi) is 22.4. The van der Waals surface area contributed by atoms with Crippen LogP contribution in [0.5, 0.6) is 0 Å². The number of esters is 2. The second-order valence-electron chi connectivity index (χ2n) is 8.24. The van der Waals surface area contributed by atoms with Crippen LogP contribution in [0.15, 0.2) is 0 Å². The lowest BCUT2D eigenvalue weighted by Gasteiger charge is -2.06. The SMILES string of the molecule is CCCCCCCCCCCCCCCCOC(=O)CCC(=O)OCCCCC. The van der Waals surface area contributed by atoms with Gasteiger partial charge >= 0.3 is 11.9 Å². The Labute approximate surface area is 180 Å². The monoisotopic (exact) mass is 412 g/mol. The van der Waals surface area contributed by atoms with Gasteiger partial charge in [0.2, 0.25) is 0 Å². The molecule has 0 unspecified atom stereocenters. The van der Waals surface area contributed by atoms with Gasteiger partial charge in [0.25, 0.3) is 0 Å². The van der Waals surface area contributed by atoms with E-state index in [1.54, 1.807) is 0 Å². The zero-order chi connectivity index (χ0) is 21.4.